The third-order valence-corrected chi connectivity index (χ3v) is 6.27. The lowest BCUT2D eigenvalue weighted by Crippen LogP contribution is -2.10. The molecule has 0 saturated carbocycles. The molecule has 2 N–H and O–H groups in total. The van der Waals surface area contributed by atoms with Gasteiger partial charge in [-0.15, -0.1) is 17.9 Å². The number of methoxy groups -OCH3 is 1. The number of benzene rings is 1. The van der Waals surface area contributed by atoms with Gasteiger partial charge in [0, 0.05) is 16.0 Å². The fraction of sp³-hybridized carbons (Fsp3) is 0.333. The highest BCUT2D eigenvalue weighted by atomic mass is 32.1. The Bertz CT molecular complexity index is 1080. The van der Waals surface area contributed by atoms with E-state index < -0.39 is 0 Å². The second kappa shape index (κ2) is 7.19. The standard InChI is InChI=1S/C21H22N2O3S/c1-3-7-12-10-13(11-15(26-2)18(12)24)19-22-20(25)17-14-8-5-4-6-9-16(14)27-21(17)23-19/h3,10-11,24H,1,4-9H2,2H3,(H,22,23,25). The fourth-order valence-corrected chi connectivity index (χ4v) is 5.01. The third kappa shape index (κ3) is 3.14. The molecule has 0 aliphatic heterocycles. The van der Waals surface area contributed by atoms with Gasteiger partial charge in [0.25, 0.3) is 5.56 Å². The van der Waals surface area contributed by atoms with Crippen LogP contribution in [0, 0.1) is 0 Å². The Morgan fingerprint density at radius 1 is 1.33 bits per heavy atom. The Morgan fingerprint density at radius 3 is 2.93 bits per heavy atom. The molecule has 2 heterocycles. The number of nitrogens with zero attached hydrogens (tertiary/aromatic N) is 1. The van der Waals surface area contributed by atoms with E-state index in [4.69, 9.17) is 9.72 Å². The van der Waals surface area contributed by atoms with Crippen molar-refractivity contribution in [2.24, 2.45) is 0 Å². The number of allylic oxidation sites excluding steroid dienone is 1. The van der Waals surface area contributed by atoms with Crippen molar-refractivity contribution in [2.45, 2.75) is 38.5 Å². The average molecular weight is 382 g/mol. The van der Waals surface area contributed by atoms with Gasteiger partial charge in [-0.1, -0.05) is 12.5 Å². The lowest BCUT2D eigenvalue weighted by Gasteiger charge is -2.11. The first-order valence-electron chi connectivity index (χ1n) is 9.18. The van der Waals surface area contributed by atoms with E-state index in [1.165, 1.54) is 30.4 Å². The van der Waals surface area contributed by atoms with Crippen LogP contribution in [-0.2, 0) is 19.3 Å². The Hall–Kier alpha value is -2.60. The summed E-state index contributed by atoms with van der Waals surface area (Å²) in [5.41, 5.74) is 2.49. The van der Waals surface area contributed by atoms with Gasteiger partial charge >= 0.3 is 0 Å². The molecule has 1 aliphatic carbocycles. The van der Waals surface area contributed by atoms with E-state index in [1.807, 2.05) is 6.07 Å². The van der Waals surface area contributed by atoms with Crippen molar-refractivity contribution < 1.29 is 9.84 Å². The molecule has 3 aromatic rings. The molecule has 1 aromatic carbocycles. The summed E-state index contributed by atoms with van der Waals surface area (Å²) in [7, 11) is 1.51. The molecular formula is C21H22N2O3S. The highest BCUT2D eigenvalue weighted by Crippen LogP contribution is 2.37. The van der Waals surface area contributed by atoms with E-state index in [2.05, 4.69) is 11.6 Å². The van der Waals surface area contributed by atoms with Crippen LogP contribution in [0.3, 0.4) is 0 Å². The first-order chi connectivity index (χ1) is 13.1. The minimum Gasteiger partial charge on any atom is -0.504 e. The molecular weight excluding hydrogens is 360 g/mol. The molecule has 0 saturated heterocycles. The van der Waals surface area contributed by atoms with Crippen molar-refractivity contribution in [1.82, 2.24) is 9.97 Å². The summed E-state index contributed by atoms with van der Waals surface area (Å²) < 4.78 is 5.29. The molecule has 0 bridgehead atoms. The number of aryl methyl sites for hydroxylation is 2. The van der Waals surface area contributed by atoms with Crippen molar-refractivity contribution in [2.75, 3.05) is 7.11 Å². The summed E-state index contributed by atoms with van der Waals surface area (Å²) in [5.74, 6) is 0.939. The minimum absolute atomic E-state index is 0.0902. The highest BCUT2D eigenvalue weighted by Gasteiger charge is 2.20. The van der Waals surface area contributed by atoms with E-state index in [-0.39, 0.29) is 11.3 Å². The van der Waals surface area contributed by atoms with Crippen LogP contribution >= 0.6 is 11.3 Å². The van der Waals surface area contributed by atoms with E-state index in [1.54, 1.807) is 23.5 Å². The summed E-state index contributed by atoms with van der Waals surface area (Å²) in [5, 5.41) is 11.0. The molecule has 0 unspecified atom stereocenters. The Balaban J connectivity index is 1.89. The largest absolute Gasteiger partial charge is 0.504 e. The summed E-state index contributed by atoms with van der Waals surface area (Å²) in [6.45, 7) is 3.73. The van der Waals surface area contributed by atoms with Crippen molar-refractivity contribution in [3.05, 3.63) is 51.1 Å². The molecule has 27 heavy (non-hydrogen) atoms. The van der Waals surface area contributed by atoms with Gasteiger partial charge < -0.3 is 14.8 Å². The van der Waals surface area contributed by atoms with Gasteiger partial charge in [-0.25, -0.2) is 4.98 Å². The molecule has 0 radical (unpaired) electrons. The maximum Gasteiger partial charge on any atom is 0.260 e. The lowest BCUT2D eigenvalue weighted by molar-refractivity contribution is 0.371. The van der Waals surface area contributed by atoms with Crippen molar-refractivity contribution >= 4 is 21.6 Å². The van der Waals surface area contributed by atoms with Crippen molar-refractivity contribution in [1.29, 1.82) is 0 Å². The normalized spacial score (nSPS) is 14.0. The number of aromatic nitrogens is 2. The molecule has 0 fully saturated rings. The van der Waals surface area contributed by atoms with Crippen LogP contribution in [0.2, 0.25) is 0 Å². The zero-order valence-electron chi connectivity index (χ0n) is 15.3. The number of phenolic OH excluding ortho intramolecular Hbond substituents is 1. The molecule has 0 atom stereocenters. The molecule has 1 aliphatic rings. The van der Waals surface area contributed by atoms with Crippen LogP contribution < -0.4 is 10.3 Å². The third-order valence-electron chi connectivity index (χ3n) is 5.09. The Morgan fingerprint density at radius 2 is 2.15 bits per heavy atom. The van der Waals surface area contributed by atoms with Crippen molar-refractivity contribution in [3.63, 3.8) is 0 Å². The topological polar surface area (TPSA) is 75.2 Å². The van der Waals surface area contributed by atoms with Crippen LogP contribution in [0.5, 0.6) is 11.5 Å². The summed E-state index contributed by atoms with van der Waals surface area (Å²) in [6.07, 6.45) is 7.71. The fourth-order valence-electron chi connectivity index (χ4n) is 3.75. The Kier molecular flexibility index (Phi) is 4.74. The second-order valence-electron chi connectivity index (χ2n) is 6.84. The van der Waals surface area contributed by atoms with Crippen LogP contribution in [0.15, 0.2) is 29.6 Å². The number of hydrogen-bond acceptors (Lipinski definition) is 5. The van der Waals surface area contributed by atoms with Crippen LogP contribution in [0.4, 0.5) is 0 Å². The summed E-state index contributed by atoms with van der Waals surface area (Å²) in [4.78, 5) is 22.6. The maximum atomic E-state index is 12.9. The van der Waals surface area contributed by atoms with Gasteiger partial charge in [0.05, 0.1) is 12.5 Å². The number of aromatic amines is 1. The van der Waals surface area contributed by atoms with E-state index in [0.29, 0.717) is 29.1 Å². The zero-order chi connectivity index (χ0) is 19.0. The number of phenols is 1. The number of rotatable bonds is 4. The minimum atomic E-state index is -0.0910. The van der Waals surface area contributed by atoms with Gasteiger partial charge in [-0.05, 0) is 49.8 Å². The number of aromatic hydroxyl groups is 1. The maximum absolute atomic E-state index is 12.9. The number of nitrogens with one attached hydrogen (secondary N) is 1. The zero-order valence-corrected chi connectivity index (χ0v) is 16.1. The molecule has 5 nitrogen and oxygen atoms in total. The number of thiophene rings is 1. The molecule has 0 spiro atoms. The summed E-state index contributed by atoms with van der Waals surface area (Å²) >= 11 is 1.64. The molecule has 140 valence electrons. The van der Waals surface area contributed by atoms with Gasteiger partial charge in [-0.3, -0.25) is 4.79 Å². The first kappa shape index (κ1) is 17.8. The van der Waals surface area contributed by atoms with E-state index in [0.717, 1.165) is 29.5 Å². The Labute approximate surface area is 161 Å². The number of fused-ring (bicyclic) bond motifs is 3. The molecule has 0 amide bonds. The van der Waals surface area contributed by atoms with Gasteiger partial charge in [-0.2, -0.15) is 0 Å². The van der Waals surface area contributed by atoms with E-state index >= 15 is 0 Å². The molecule has 2 aromatic heterocycles. The SMILES string of the molecule is C=CCc1cc(-c2nc3sc4c(c3c(=O)[nH]2)CCCCC4)cc(OC)c1O. The van der Waals surface area contributed by atoms with Gasteiger partial charge in [0.2, 0.25) is 0 Å². The second-order valence-corrected chi connectivity index (χ2v) is 7.92. The highest BCUT2D eigenvalue weighted by molar-refractivity contribution is 7.18. The van der Waals surface area contributed by atoms with Crippen LogP contribution in [0.1, 0.15) is 35.3 Å². The predicted octanol–water partition coefficient (Wildman–Crippen LogP) is 4.36. The smallest absolute Gasteiger partial charge is 0.260 e. The molecule has 4 rings (SSSR count). The predicted molar refractivity (Wildman–Crippen MR) is 109 cm³/mol. The quantitative estimate of drug-likeness (QED) is 0.519. The summed E-state index contributed by atoms with van der Waals surface area (Å²) in [6, 6.07) is 3.52. The van der Waals surface area contributed by atoms with Gasteiger partial charge in [0.15, 0.2) is 11.5 Å². The van der Waals surface area contributed by atoms with Crippen molar-refractivity contribution in [3.8, 4) is 22.9 Å². The van der Waals surface area contributed by atoms with Crippen LogP contribution in [-0.4, -0.2) is 22.2 Å². The lowest BCUT2D eigenvalue weighted by atomic mass is 10.0. The average Bonchev–Trinajstić information content (AvgIpc) is 2.85. The molecule has 6 heteroatoms. The number of ether oxygens (including phenoxy) is 1. The van der Waals surface area contributed by atoms with Gasteiger partial charge in [0.1, 0.15) is 10.7 Å². The number of H-pyrrole nitrogens is 1. The first-order valence-corrected chi connectivity index (χ1v) is 9.99. The number of hydrogen-bond donors (Lipinski definition) is 2. The van der Waals surface area contributed by atoms with E-state index in [9.17, 15) is 9.90 Å². The van der Waals surface area contributed by atoms with Crippen LogP contribution in [0.25, 0.3) is 21.6 Å². The monoisotopic (exact) mass is 382 g/mol.